The lowest BCUT2D eigenvalue weighted by molar-refractivity contribution is -0.234. The summed E-state index contributed by atoms with van der Waals surface area (Å²) in [5, 5.41) is 100. The van der Waals surface area contributed by atoms with E-state index in [-0.39, 0.29) is 40.4 Å². The summed E-state index contributed by atoms with van der Waals surface area (Å²) >= 11 is 0. The number of hydrogen-bond acceptors (Lipinski definition) is 17. The second-order valence-corrected chi connectivity index (χ2v) is 11.1. The van der Waals surface area contributed by atoms with Crippen molar-refractivity contribution in [2.24, 2.45) is 0 Å². The maximum Gasteiger partial charge on any atom is 0.239 e. The lowest BCUT2D eigenvalue weighted by Crippen LogP contribution is -2.59. The number of methoxy groups -OCH3 is 1. The van der Waals surface area contributed by atoms with Crippen LogP contribution in [0.2, 0.25) is 0 Å². The minimum atomic E-state index is -1.70. The molecule has 47 heavy (non-hydrogen) atoms. The van der Waals surface area contributed by atoms with Crippen LogP contribution >= 0.6 is 0 Å². The molecule has 0 spiro atoms. The van der Waals surface area contributed by atoms with Crippen LogP contribution in [0, 0.1) is 0 Å². The molecule has 0 radical (unpaired) electrons. The molecule has 0 aliphatic carbocycles. The van der Waals surface area contributed by atoms with Crippen LogP contribution in [0.4, 0.5) is 0 Å². The summed E-state index contributed by atoms with van der Waals surface area (Å²) < 4.78 is 33.8. The van der Waals surface area contributed by atoms with E-state index >= 15 is 0 Å². The Hall–Kier alpha value is -3.75. The Kier molecular flexibility index (Phi) is 10.4. The molecule has 17 heteroatoms. The van der Waals surface area contributed by atoms with E-state index < -0.39 is 104 Å². The van der Waals surface area contributed by atoms with E-state index in [0.29, 0.717) is 0 Å². The second-order valence-electron chi connectivity index (χ2n) is 11.1. The van der Waals surface area contributed by atoms with E-state index in [2.05, 4.69) is 0 Å². The number of fused-ring (bicyclic) bond motifs is 1. The van der Waals surface area contributed by atoms with E-state index in [0.717, 1.165) is 12.1 Å². The van der Waals surface area contributed by atoms with Crippen LogP contribution in [0.1, 0.15) is 0 Å². The molecule has 10 atom stereocenters. The Morgan fingerprint density at radius 1 is 0.702 bits per heavy atom. The van der Waals surface area contributed by atoms with Gasteiger partial charge in [0.2, 0.25) is 11.2 Å². The number of benzene rings is 2. The second kappa shape index (κ2) is 14.2. The van der Waals surface area contributed by atoms with E-state index in [1.54, 1.807) is 0 Å². The van der Waals surface area contributed by atoms with Crippen molar-refractivity contribution in [1.29, 1.82) is 0 Å². The first kappa shape index (κ1) is 34.6. The Balaban J connectivity index is 1.47. The monoisotopic (exact) mass is 668 g/mol. The summed E-state index contributed by atoms with van der Waals surface area (Å²) in [6.45, 7) is -2.23. The number of ether oxygens (including phenoxy) is 5. The van der Waals surface area contributed by atoms with Crippen LogP contribution in [0.15, 0.2) is 39.5 Å². The first-order valence-corrected chi connectivity index (χ1v) is 14.5. The van der Waals surface area contributed by atoms with Gasteiger partial charge in [-0.1, -0.05) is 0 Å². The van der Waals surface area contributed by atoms with Crippen LogP contribution in [0.5, 0.6) is 28.7 Å². The van der Waals surface area contributed by atoms with Crippen LogP contribution in [-0.2, 0) is 9.47 Å². The average molecular weight is 669 g/mol. The molecule has 10 unspecified atom stereocenters. The van der Waals surface area contributed by atoms with E-state index in [4.69, 9.17) is 28.1 Å². The third-order valence-corrected chi connectivity index (χ3v) is 8.12. The topological polar surface area (TPSA) is 279 Å². The lowest BCUT2D eigenvalue weighted by Gasteiger charge is -2.39. The van der Waals surface area contributed by atoms with Gasteiger partial charge in [0.15, 0.2) is 17.3 Å². The van der Waals surface area contributed by atoms with Crippen molar-refractivity contribution in [2.75, 3.05) is 33.5 Å². The number of aliphatic hydroxyl groups is 8. The molecule has 17 nitrogen and oxygen atoms in total. The normalized spacial score (nSPS) is 31.1. The summed E-state index contributed by atoms with van der Waals surface area (Å²) in [4.78, 5) is 13.7. The smallest absolute Gasteiger partial charge is 0.239 e. The van der Waals surface area contributed by atoms with Gasteiger partial charge in [-0.2, -0.15) is 0 Å². The fourth-order valence-corrected chi connectivity index (χ4v) is 5.49. The molecular weight excluding hydrogens is 632 g/mol. The Bertz CT molecular complexity index is 1610. The van der Waals surface area contributed by atoms with Crippen molar-refractivity contribution >= 4 is 11.0 Å². The van der Waals surface area contributed by atoms with Crippen molar-refractivity contribution in [3.63, 3.8) is 0 Å². The molecule has 0 saturated carbocycles. The summed E-state index contributed by atoms with van der Waals surface area (Å²) in [6.07, 6.45) is -14.5. The van der Waals surface area contributed by atoms with Crippen LogP contribution in [0.25, 0.3) is 22.3 Å². The van der Waals surface area contributed by atoms with Gasteiger partial charge in [0.25, 0.3) is 0 Å². The average Bonchev–Trinajstić information content (AvgIpc) is 3.05. The van der Waals surface area contributed by atoms with Crippen LogP contribution < -0.4 is 19.6 Å². The summed E-state index contributed by atoms with van der Waals surface area (Å²) in [7, 11) is 1.31. The number of phenols is 2. The highest BCUT2D eigenvalue weighted by molar-refractivity contribution is 5.88. The minimum absolute atomic E-state index is 0.0773. The van der Waals surface area contributed by atoms with Crippen molar-refractivity contribution in [3.8, 4) is 40.1 Å². The number of phenolic OH excluding ortho intramolecular Hbond substituents is 2. The Morgan fingerprint density at radius 3 is 1.81 bits per heavy atom. The molecule has 2 aliphatic heterocycles. The third kappa shape index (κ3) is 6.68. The fraction of sp³-hybridized carbons (Fsp3) is 0.500. The molecule has 2 aromatic carbocycles. The van der Waals surface area contributed by atoms with Gasteiger partial charge in [-0.3, -0.25) is 4.79 Å². The molecule has 0 bridgehead atoms. The first-order valence-electron chi connectivity index (χ1n) is 14.5. The minimum Gasteiger partial charge on any atom is -0.508 e. The molecule has 258 valence electrons. The molecule has 2 fully saturated rings. The van der Waals surface area contributed by atoms with Gasteiger partial charge in [0.05, 0.1) is 20.3 Å². The molecule has 0 amide bonds. The molecule has 5 rings (SSSR count). The van der Waals surface area contributed by atoms with Gasteiger partial charge in [-0.05, 0) is 18.2 Å². The zero-order valence-electron chi connectivity index (χ0n) is 24.8. The zero-order valence-corrected chi connectivity index (χ0v) is 24.8. The molecule has 3 aromatic rings. The molecule has 1 aromatic heterocycles. The summed E-state index contributed by atoms with van der Waals surface area (Å²) in [5.74, 6) is -1.55. The van der Waals surface area contributed by atoms with Crippen LogP contribution in [-0.4, -0.2) is 146 Å². The van der Waals surface area contributed by atoms with Gasteiger partial charge in [-0.25, -0.2) is 0 Å². The van der Waals surface area contributed by atoms with Crippen molar-refractivity contribution in [2.45, 2.75) is 61.0 Å². The van der Waals surface area contributed by atoms with Gasteiger partial charge in [-0.15, -0.1) is 0 Å². The quantitative estimate of drug-likeness (QED) is 0.105. The van der Waals surface area contributed by atoms with Crippen molar-refractivity contribution < 1.29 is 79.2 Å². The summed E-state index contributed by atoms with van der Waals surface area (Å²) in [6, 6.07) is 6.24. The fourth-order valence-electron chi connectivity index (χ4n) is 5.49. The lowest BCUT2D eigenvalue weighted by atomic mass is 9.95. The highest BCUT2D eigenvalue weighted by Crippen LogP contribution is 2.39. The number of aromatic hydroxyl groups is 2. The number of rotatable bonds is 10. The molecule has 2 aliphatic rings. The largest absolute Gasteiger partial charge is 0.508 e. The molecule has 3 heterocycles. The van der Waals surface area contributed by atoms with Gasteiger partial charge >= 0.3 is 0 Å². The maximum absolute atomic E-state index is 13.7. The first-order chi connectivity index (χ1) is 22.4. The SMILES string of the molecule is COc1cc(-c2oc3cc(O)cc(O)c3c(=O)c2OCC2OC(CO)C(O)C(O)C2O)ccc1OCC1OC(CO)C(O)C(O)C1O. The summed E-state index contributed by atoms with van der Waals surface area (Å²) in [5.41, 5.74) is -0.942. The van der Waals surface area contributed by atoms with Crippen LogP contribution in [0.3, 0.4) is 0 Å². The molecule has 2 saturated heterocycles. The predicted molar refractivity (Wildman–Crippen MR) is 156 cm³/mol. The highest BCUT2D eigenvalue weighted by atomic mass is 16.6. The third-order valence-electron chi connectivity index (χ3n) is 8.12. The molecular formula is C30H36O17. The van der Waals surface area contributed by atoms with Crippen molar-refractivity contribution in [1.82, 2.24) is 0 Å². The number of hydrogen-bond donors (Lipinski definition) is 10. The maximum atomic E-state index is 13.7. The predicted octanol–water partition coefficient (Wildman–Crippen LogP) is -2.68. The zero-order chi connectivity index (χ0) is 34.2. The standard InChI is InChI=1S/C30H36O17/c1-42-15-4-11(2-3-14(15)43-9-19-24(37)27(40)22(35)17(7-31)45-19)29-30(26(39)21-13(34)5-12(33)6-16(21)47-29)44-10-20-25(38)28(41)23(36)18(8-32)46-20/h2-6,17-20,22-25,27-28,31-38,40-41H,7-10H2,1H3. The van der Waals surface area contributed by atoms with E-state index in [9.17, 15) is 55.9 Å². The highest BCUT2D eigenvalue weighted by Gasteiger charge is 2.45. The van der Waals surface area contributed by atoms with E-state index in [1.165, 1.54) is 25.3 Å². The van der Waals surface area contributed by atoms with Gasteiger partial charge < -0.3 is 79.2 Å². The Labute approximate surface area is 265 Å². The van der Waals surface area contributed by atoms with Crippen molar-refractivity contribution in [3.05, 3.63) is 40.6 Å². The van der Waals surface area contributed by atoms with Gasteiger partial charge in [0, 0.05) is 17.7 Å². The number of aliphatic hydroxyl groups excluding tert-OH is 8. The van der Waals surface area contributed by atoms with E-state index in [1.807, 2.05) is 0 Å². The van der Waals surface area contributed by atoms with Gasteiger partial charge in [0.1, 0.15) is 96.7 Å². The Morgan fingerprint density at radius 2 is 1.26 bits per heavy atom. The molecule has 10 N–H and O–H groups in total.